The highest BCUT2D eigenvalue weighted by Gasteiger charge is 2.20. The van der Waals surface area contributed by atoms with Gasteiger partial charge in [0.05, 0.1) is 11.4 Å². The van der Waals surface area contributed by atoms with Crippen LogP contribution in [0.3, 0.4) is 0 Å². The van der Waals surface area contributed by atoms with Gasteiger partial charge in [-0.3, -0.25) is 0 Å². The number of rotatable bonds is 4. The summed E-state index contributed by atoms with van der Waals surface area (Å²) in [6.45, 7) is 6.58. The first-order chi connectivity index (χ1) is 8.56. The van der Waals surface area contributed by atoms with E-state index in [-0.39, 0.29) is 17.0 Å². The van der Waals surface area contributed by atoms with E-state index in [4.69, 9.17) is 4.42 Å². The highest BCUT2D eigenvalue weighted by atomic mass is 19.1. The van der Waals surface area contributed by atoms with E-state index in [1.165, 1.54) is 0 Å². The topological polar surface area (TPSA) is 25.2 Å². The SMILES string of the molecule is CCCNC(C)c1oc2c(F)ccc(F)c2c1C. The molecule has 0 bridgehead atoms. The summed E-state index contributed by atoms with van der Waals surface area (Å²) in [5, 5.41) is 3.50. The zero-order valence-corrected chi connectivity index (χ0v) is 10.8. The predicted molar refractivity (Wildman–Crippen MR) is 67.6 cm³/mol. The number of hydrogen-bond acceptors (Lipinski definition) is 2. The first kappa shape index (κ1) is 13.0. The molecule has 2 nitrogen and oxygen atoms in total. The van der Waals surface area contributed by atoms with Crippen LogP contribution in [0.2, 0.25) is 0 Å². The van der Waals surface area contributed by atoms with Crippen LogP contribution in [0.1, 0.15) is 37.6 Å². The van der Waals surface area contributed by atoms with Gasteiger partial charge >= 0.3 is 0 Å². The van der Waals surface area contributed by atoms with Gasteiger partial charge in [-0.05, 0) is 38.9 Å². The van der Waals surface area contributed by atoms with Gasteiger partial charge in [0, 0.05) is 5.56 Å². The zero-order chi connectivity index (χ0) is 13.3. The number of hydrogen-bond donors (Lipinski definition) is 1. The lowest BCUT2D eigenvalue weighted by atomic mass is 10.1. The predicted octanol–water partition coefficient (Wildman–Crippen LogP) is 4.08. The molecule has 0 amide bonds. The molecule has 98 valence electrons. The van der Waals surface area contributed by atoms with Gasteiger partial charge in [0.1, 0.15) is 11.6 Å². The van der Waals surface area contributed by atoms with Crippen molar-refractivity contribution in [3.05, 3.63) is 35.1 Å². The molecule has 1 unspecified atom stereocenters. The van der Waals surface area contributed by atoms with Crippen LogP contribution in [0.25, 0.3) is 11.0 Å². The van der Waals surface area contributed by atoms with Gasteiger partial charge in [-0.15, -0.1) is 0 Å². The first-order valence-corrected chi connectivity index (χ1v) is 6.16. The lowest BCUT2D eigenvalue weighted by Gasteiger charge is -2.11. The molecule has 1 heterocycles. The van der Waals surface area contributed by atoms with Crippen LogP contribution in [0.4, 0.5) is 8.78 Å². The number of benzene rings is 1. The van der Waals surface area contributed by atoms with E-state index in [1.807, 2.05) is 6.92 Å². The molecule has 2 rings (SSSR count). The van der Waals surface area contributed by atoms with E-state index < -0.39 is 11.6 Å². The van der Waals surface area contributed by atoms with Crippen molar-refractivity contribution in [3.8, 4) is 0 Å². The monoisotopic (exact) mass is 253 g/mol. The van der Waals surface area contributed by atoms with Crippen LogP contribution in [0, 0.1) is 18.6 Å². The molecular formula is C14H17F2NO. The van der Waals surface area contributed by atoms with Crippen molar-refractivity contribution in [2.24, 2.45) is 0 Å². The van der Waals surface area contributed by atoms with Crippen molar-refractivity contribution < 1.29 is 13.2 Å². The molecule has 0 saturated heterocycles. The van der Waals surface area contributed by atoms with Gasteiger partial charge in [0.2, 0.25) is 0 Å². The quantitative estimate of drug-likeness (QED) is 0.888. The Bertz CT molecular complexity index is 562. The third-order valence-electron chi connectivity index (χ3n) is 3.11. The van der Waals surface area contributed by atoms with E-state index in [0.29, 0.717) is 11.3 Å². The number of nitrogens with one attached hydrogen (secondary N) is 1. The Morgan fingerprint density at radius 2 is 1.94 bits per heavy atom. The molecule has 4 heteroatoms. The molecule has 0 spiro atoms. The highest BCUT2D eigenvalue weighted by Crippen LogP contribution is 2.32. The number of halogens is 2. The van der Waals surface area contributed by atoms with E-state index in [1.54, 1.807) is 6.92 Å². The second-order valence-corrected chi connectivity index (χ2v) is 4.50. The Hall–Kier alpha value is -1.42. The highest BCUT2D eigenvalue weighted by molar-refractivity contribution is 5.83. The summed E-state index contributed by atoms with van der Waals surface area (Å²) < 4.78 is 32.8. The normalized spacial score (nSPS) is 13.2. The maximum Gasteiger partial charge on any atom is 0.173 e. The Morgan fingerprint density at radius 1 is 1.28 bits per heavy atom. The Labute approximate surface area is 105 Å². The van der Waals surface area contributed by atoms with Crippen molar-refractivity contribution in [2.75, 3.05) is 6.54 Å². The molecule has 1 N–H and O–H groups in total. The average molecular weight is 253 g/mol. The van der Waals surface area contributed by atoms with Crippen molar-refractivity contribution in [1.29, 1.82) is 0 Å². The zero-order valence-electron chi connectivity index (χ0n) is 10.8. The van der Waals surface area contributed by atoms with Crippen LogP contribution in [0.5, 0.6) is 0 Å². The lowest BCUT2D eigenvalue weighted by molar-refractivity contribution is 0.440. The third kappa shape index (κ3) is 2.12. The molecular weight excluding hydrogens is 236 g/mol. The summed E-state index contributed by atoms with van der Waals surface area (Å²) in [5.41, 5.74) is 0.672. The van der Waals surface area contributed by atoms with Crippen LogP contribution in [0.15, 0.2) is 16.5 Å². The second kappa shape index (κ2) is 5.06. The third-order valence-corrected chi connectivity index (χ3v) is 3.11. The van der Waals surface area contributed by atoms with E-state index in [0.717, 1.165) is 25.1 Å². The molecule has 1 aromatic carbocycles. The van der Waals surface area contributed by atoms with Crippen molar-refractivity contribution in [1.82, 2.24) is 5.32 Å². The standard InChI is InChI=1S/C14H17F2NO/c1-4-7-17-9(3)13-8(2)12-10(15)5-6-11(16)14(12)18-13/h5-6,9,17H,4,7H2,1-3H3. The smallest absolute Gasteiger partial charge is 0.173 e. The number of aryl methyl sites for hydroxylation is 1. The summed E-state index contributed by atoms with van der Waals surface area (Å²) in [6.07, 6.45) is 0.992. The van der Waals surface area contributed by atoms with Gasteiger partial charge < -0.3 is 9.73 Å². The van der Waals surface area contributed by atoms with E-state index in [9.17, 15) is 8.78 Å². The summed E-state index contributed by atoms with van der Waals surface area (Å²) >= 11 is 0. The maximum absolute atomic E-state index is 13.7. The van der Waals surface area contributed by atoms with E-state index >= 15 is 0 Å². The molecule has 0 aliphatic carbocycles. The van der Waals surface area contributed by atoms with Crippen molar-refractivity contribution >= 4 is 11.0 Å². The van der Waals surface area contributed by atoms with Crippen LogP contribution in [-0.2, 0) is 0 Å². The lowest BCUT2D eigenvalue weighted by Crippen LogP contribution is -2.19. The average Bonchev–Trinajstić information content (AvgIpc) is 2.70. The van der Waals surface area contributed by atoms with Gasteiger partial charge in [-0.25, -0.2) is 8.78 Å². The van der Waals surface area contributed by atoms with Crippen LogP contribution < -0.4 is 5.32 Å². The fourth-order valence-corrected chi connectivity index (χ4v) is 2.16. The Balaban J connectivity index is 2.50. The minimum absolute atomic E-state index is 0.00708. The largest absolute Gasteiger partial charge is 0.456 e. The summed E-state index contributed by atoms with van der Waals surface area (Å²) in [6, 6.07) is 2.17. The molecule has 0 radical (unpaired) electrons. The Morgan fingerprint density at radius 3 is 2.56 bits per heavy atom. The maximum atomic E-state index is 13.7. The Kier molecular flexibility index (Phi) is 3.66. The first-order valence-electron chi connectivity index (χ1n) is 6.16. The van der Waals surface area contributed by atoms with Gasteiger partial charge in [-0.1, -0.05) is 6.92 Å². The van der Waals surface area contributed by atoms with Gasteiger partial charge in [-0.2, -0.15) is 0 Å². The number of fused-ring (bicyclic) bond motifs is 1. The van der Waals surface area contributed by atoms with Crippen LogP contribution >= 0.6 is 0 Å². The molecule has 1 aromatic heterocycles. The molecule has 18 heavy (non-hydrogen) atoms. The second-order valence-electron chi connectivity index (χ2n) is 4.50. The fourth-order valence-electron chi connectivity index (χ4n) is 2.16. The molecule has 1 atom stereocenters. The molecule has 0 aliphatic heterocycles. The van der Waals surface area contributed by atoms with Crippen molar-refractivity contribution in [2.45, 2.75) is 33.2 Å². The summed E-state index contributed by atoms with van der Waals surface area (Å²) in [7, 11) is 0. The molecule has 0 saturated carbocycles. The number of furan rings is 1. The van der Waals surface area contributed by atoms with Gasteiger partial charge in [0.25, 0.3) is 0 Å². The summed E-state index contributed by atoms with van der Waals surface area (Å²) in [4.78, 5) is 0. The molecule has 2 aromatic rings. The molecule has 0 aliphatic rings. The minimum Gasteiger partial charge on any atom is -0.456 e. The minimum atomic E-state index is -0.525. The molecule has 0 fully saturated rings. The van der Waals surface area contributed by atoms with E-state index in [2.05, 4.69) is 12.2 Å². The van der Waals surface area contributed by atoms with Crippen molar-refractivity contribution in [3.63, 3.8) is 0 Å². The van der Waals surface area contributed by atoms with Crippen LogP contribution in [-0.4, -0.2) is 6.54 Å². The fraction of sp³-hybridized carbons (Fsp3) is 0.429. The summed E-state index contributed by atoms with van der Waals surface area (Å²) in [5.74, 6) is -0.368. The van der Waals surface area contributed by atoms with Gasteiger partial charge in [0.15, 0.2) is 11.4 Å².